The third-order valence-corrected chi connectivity index (χ3v) is 3.23. The van der Waals surface area contributed by atoms with Gasteiger partial charge in [0.15, 0.2) is 5.78 Å². The molecule has 3 heteroatoms. The van der Waals surface area contributed by atoms with Gasteiger partial charge in [0.05, 0.1) is 0 Å². The molecule has 0 bridgehead atoms. The average Bonchev–Trinajstić information content (AvgIpc) is 2.89. The van der Waals surface area contributed by atoms with E-state index in [9.17, 15) is 4.79 Å². The minimum absolute atomic E-state index is 0.215. The fourth-order valence-corrected chi connectivity index (χ4v) is 2.26. The van der Waals surface area contributed by atoms with Gasteiger partial charge in [0.1, 0.15) is 0 Å². The maximum absolute atomic E-state index is 11.7. The maximum Gasteiger partial charge on any atom is 0.164 e. The van der Waals surface area contributed by atoms with E-state index in [0.29, 0.717) is 6.42 Å². The van der Waals surface area contributed by atoms with Gasteiger partial charge in [-0.25, -0.2) is 0 Å². The molecule has 0 unspecified atom stereocenters. The van der Waals surface area contributed by atoms with Gasteiger partial charge in [-0.2, -0.15) is 11.3 Å². The van der Waals surface area contributed by atoms with Crippen molar-refractivity contribution < 1.29 is 4.79 Å². The van der Waals surface area contributed by atoms with Crippen LogP contribution in [0, 0.1) is 0 Å². The molecule has 0 amide bonds. The fourth-order valence-electron chi connectivity index (χ4n) is 1.60. The molecule has 0 spiro atoms. The summed E-state index contributed by atoms with van der Waals surface area (Å²) in [6, 6.07) is 12.1. The lowest BCUT2D eigenvalue weighted by atomic mass is 10.1. The number of hydrogen-bond donors (Lipinski definition) is 1. The van der Waals surface area contributed by atoms with Crippen LogP contribution in [0.25, 0.3) is 0 Å². The van der Waals surface area contributed by atoms with Gasteiger partial charge in [-0.05, 0) is 17.0 Å². The summed E-state index contributed by atoms with van der Waals surface area (Å²) in [6.45, 7) is 1.54. The van der Waals surface area contributed by atoms with Gasteiger partial charge in [0, 0.05) is 30.5 Å². The van der Waals surface area contributed by atoms with Crippen molar-refractivity contribution >= 4 is 17.1 Å². The molecule has 2 nitrogen and oxygen atoms in total. The molecule has 1 heterocycles. The van der Waals surface area contributed by atoms with Gasteiger partial charge >= 0.3 is 0 Å². The molecule has 1 aromatic carbocycles. The molecule has 2 aromatic rings. The average molecular weight is 245 g/mol. The normalized spacial score (nSPS) is 10.4. The van der Waals surface area contributed by atoms with Gasteiger partial charge < -0.3 is 5.32 Å². The summed E-state index contributed by atoms with van der Waals surface area (Å²) in [5, 5.41) is 7.11. The Morgan fingerprint density at radius 2 is 2.00 bits per heavy atom. The zero-order valence-electron chi connectivity index (χ0n) is 9.56. The summed E-state index contributed by atoms with van der Waals surface area (Å²) in [6.07, 6.45) is 0.559. The topological polar surface area (TPSA) is 29.1 Å². The molecule has 0 aliphatic heterocycles. The van der Waals surface area contributed by atoms with Crippen LogP contribution in [0.15, 0.2) is 47.2 Å². The van der Waals surface area contributed by atoms with Gasteiger partial charge in [-0.1, -0.05) is 30.3 Å². The number of hydrogen-bond acceptors (Lipinski definition) is 3. The first-order chi connectivity index (χ1) is 8.36. The minimum atomic E-state index is 0.215. The molecule has 0 saturated heterocycles. The standard InChI is InChI=1S/C14H15NOS/c16-14(13-7-9-17-11-13)6-8-15-10-12-4-2-1-3-5-12/h1-5,7,9,11,15H,6,8,10H2. The van der Waals surface area contributed by atoms with Crippen molar-refractivity contribution in [3.05, 3.63) is 58.3 Å². The summed E-state index contributed by atoms with van der Waals surface area (Å²) in [7, 11) is 0. The van der Waals surface area contributed by atoms with Crippen LogP contribution in [0.2, 0.25) is 0 Å². The molecule has 2 rings (SSSR count). The van der Waals surface area contributed by atoms with E-state index in [1.807, 2.05) is 35.0 Å². The van der Waals surface area contributed by atoms with Gasteiger partial charge in [0.2, 0.25) is 0 Å². The molecule has 17 heavy (non-hydrogen) atoms. The van der Waals surface area contributed by atoms with Crippen molar-refractivity contribution in [1.29, 1.82) is 0 Å². The van der Waals surface area contributed by atoms with E-state index in [2.05, 4.69) is 17.4 Å². The van der Waals surface area contributed by atoms with Crippen LogP contribution in [0.5, 0.6) is 0 Å². The zero-order chi connectivity index (χ0) is 11.9. The third kappa shape index (κ3) is 3.80. The minimum Gasteiger partial charge on any atom is -0.312 e. The predicted octanol–water partition coefficient (Wildman–Crippen LogP) is 3.11. The number of ketones is 1. The smallest absolute Gasteiger partial charge is 0.164 e. The highest BCUT2D eigenvalue weighted by molar-refractivity contribution is 7.08. The van der Waals surface area contributed by atoms with Crippen molar-refractivity contribution in [2.45, 2.75) is 13.0 Å². The van der Waals surface area contributed by atoms with E-state index < -0.39 is 0 Å². The van der Waals surface area contributed by atoms with E-state index in [1.54, 1.807) is 11.3 Å². The summed E-state index contributed by atoms with van der Waals surface area (Å²) in [5.74, 6) is 0.215. The number of thiophene rings is 1. The predicted molar refractivity (Wildman–Crippen MR) is 71.4 cm³/mol. The van der Waals surface area contributed by atoms with E-state index >= 15 is 0 Å². The Morgan fingerprint density at radius 1 is 1.18 bits per heavy atom. The summed E-state index contributed by atoms with van der Waals surface area (Å²) >= 11 is 1.56. The number of carbonyl (C=O) groups excluding carboxylic acids is 1. The van der Waals surface area contributed by atoms with E-state index in [0.717, 1.165) is 18.7 Å². The quantitative estimate of drug-likeness (QED) is 0.626. The van der Waals surface area contributed by atoms with Crippen LogP contribution in [-0.4, -0.2) is 12.3 Å². The Bertz CT molecular complexity index is 450. The van der Waals surface area contributed by atoms with E-state index in [4.69, 9.17) is 0 Å². The highest BCUT2D eigenvalue weighted by atomic mass is 32.1. The molecule has 88 valence electrons. The number of nitrogens with one attached hydrogen (secondary N) is 1. The number of Topliss-reactive ketones (excluding diaryl/α,β-unsaturated/α-hetero) is 1. The number of benzene rings is 1. The SMILES string of the molecule is O=C(CCNCc1ccccc1)c1ccsc1. The van der Waals surface area contributed by atoms with Crippen molar-refractivity contribution in [2.75, 3.05) is 6.54 Å². The molecule has 0 atom stereocenters. The van der Waals surface area contributed by atoms with Crippen LogP contribution < -0.4 is 5.32 Å². The second-order valence-electron chi connectivity index (χ2n) is 3.85. The first kappa shape index (κ1) is 12.0. The lowest BCUT2D eigenvalue weighted by Gasteiger charge is -2.03. The molecule has 0 saturated carbocycles. The second-order valence-corrected chi connectivity index (χ2v) is 4.63. The molecule has 1 N–H and O–H groups in total. The molecule has 0 aliphatic rings. The monoisotopic (exact) mass is 245 g/mol. The summed E-state index contributed by atoms with van der Waals surface area (Å²) in [4.78, 5) is 11.7. The largest absolute Gasteiger partial charge is 0.312 e. The van der Waals surface area contributed by atoms with Gasteiger partial charge in [0.25, 0.3) is 0 Å². The van der Waals surface area contributed by atoms with Crippen molar-refractivity contribution in [3.63, 3.8) is 0 Å². The van der Waals surface area contributed by atoms with Crippen LogP contribution >= 0.6 is 11.3 Å². The summed E-state index contributed by atoms with van der Waals surface area (Å²) in [5.41, 5.74) is 2.08. The zero-order valence-corrected chi connectivity index (χ0v) is 10.4. The van der Waals surface area contributed by atoms with Gasteiger partial charge in [-0.15, -0.1) is 0 Å². The van der Waals surface area contributed by atoms with E-state index in [1.165, 1.54) is 5.56 Å². The van der Waals surface area contributed by atoms with E-state index in [-0.39, 0.29) is 5.78 Å². The van der Waals surface area contributed by atoms with Crippen LogP contribution in [0.1, 0.15) is 22.3 Å². The van der Waals surface area contributed by atoms with Crippen molar-refractivity contribution in [2.24, 2.45) is 0 Å². The first-order valence-electron chi connectivity index (χ1n) is 5.66. The second kappa shape index (κ2) is 6.33. The Hall–Kier alpha value is -1.45. The highest BCUT2D eigenvalue weighted by Gasteiger charge is 2.04. The Morgan fingerprint density at radius 3 is 2.71 bits per heavy atom. The maximum atomic E-state index is 11.7. The number of rotatable bonds is 6. The molecular formula is C14H15NOS. The van der Waals surface area contributed by atoms with Gasteiger partial charge in [-0.3, -0.25) is 4.79 Å². The molecule has 1 aromatic heterocycles. The third-order valence-electron chi connectivity index (χ3n) is 2.54. The fraction of sp³-hybridized carbons (Fsp3) is 0.214. The Kier molecular flexibility index (Phi) is 4.47. The highest BCUT2D eigenvalue weighted by Crippen LogP contribution is 2.08. The first-order valence-corrected chi connectivity index (χ1v) is 6.60. The van der Waals surface area contributed by atoms with Crippen molar-refractivity contribution in [3.8, 4) is 0 Å². The number of carbonyl (C=O) groups is 1. The van der Waals surface area contributed by atoms with Crippen LogP contribution in [-0.2, 0) is 6.54 Å². The van der Waals surface area contributed by atoms with Crippen LogP contribution in [0.3, 0.4) is 0 Å². The lowest BCUT2D eigenvalue weighted by molar-refractivity contribution is 0.0983. The van der Waals surface area contributed by atoms with Crippen molar-refractivity contribution in [1.82, 2.24) is 5.32 Å². The Balaban J connectivity index is 1.69. The molecule has 0 fully saturated rings. The summed E-state index contributed by atoms with van der Waals surface area (Å²) < 4.78 is 0. The molecule has 0 aliphatic carbocycles. The molecular weight excluding hydrogens is 230 g/mol. The lowest BCUT2D eigenvalue weighted by Crippen LogP contribution is -2.17. The Labute approximate surface area is 105 Å². The molecule has 0 radical (unpaired) electrons. The van der Waals surface area contributed by atoms with Crippen LogP contribution in [0.4, 0.5) is 0 Å².